The minimum atomic E-state index is 0.207. The van der Waals surface area contributed by atoms with Gasteiger partial charge >= 0.3 is 0 Å². The van der Waals surface area contributed by atoms with E-state index < -0.39 is 0 Å². The second-order valence-corrected chi connectivity index (χ2v) is 8.40. The van der Waals surface area contributed by atoms with Crippen LogP contribution in [0.2, 0.25) is 0 Å². The van der Waals surface area contributed by atoms with Crippen molar-refractivity contribution in [3.05, 3.63) is 70.1 Å². The molecule has 1 atom stereocenters. The van der Waals surface area contributed by atoms with Crippen LogP contribution >= 0.6 is 0 Å². The highest BCUT2D eigenvalue weighted by molar-refractivity contribution is 6.07. The van der Waals surface area contributed by atoms with Gasteiger partial charge in [-0.3, -0.25) is 14.6 Å². The summed E-state index contributed by atoms with van der Waals surface area (Å²) in [5, 5.41) is 5.42. The Bertz CT molecular complexity index is 1210. The van der Waals surface area contributed by atoms with Crippen molar-refractivity contribution in [3.8, 4) is 0 Å². The Labute approximate surface area is 162 Å². The van der Waals surface area contributed by atoms with Gasteiger partial charge in [0, 0.05) is 41.2 Å². The van der Waals surface area contributed by atoms with Crippen molar-refractivity contribution in [1.29, 1.82) is 0 Å². The van der Waals surface area contributed by atoms with Crippen LogP contribution in [0.5, 0.6) is 0 Å². The second-order valence-electron chi connectivity index (χ2n) is 8.40. The Morgan fingerprint density at radius 2 is 1.89 bits per heavy atom. The topological polar surface area (TPSA) is 56.8 Å². The Morgan fingerprint density at radius 3 is 2.64 bits per heavy atom. The van der Waals surface area contributed by atoms with Gasteiger partial charge in [0.1, 0.15) is 0 Å². The van der Waals surface area contributed by atoms with E-state index >= 15 is 0 Å². The average Bonchev–Trinajstić information content (AvgIpc) is 3.10. The molecule has 3 aliphatic rings. The number of benzene rings is 2. The minimum Gasteiger partial charge on any atom is -0.365 e. The molecule has 1 unspecified atom stereocenters. The lowest BCUT2D eigenvalue weighted by atomic mass is 9.75. The third-order valence-corrected chi connectivity index (χ3v) is 6.83. The van der Waals surface area contributed by atoms with Crippen LogP contribution in [0.25, 0.3) is 21.8 Å². The molecule has 0 aliphatic carbocycles. The summed E-state index contributed by atoms with van der Waals surface area (Å²) in [6.07, 6.45) is 6.31. The quantitative estimate of drug-likeness (QED) is 0.577. The lowest BCUT2D eigenvalue weighted by Gasteiger charge is -2.44. The van der Waals surface area contributed by atoms with Crippen LogP contribution in [0.4, 0.5) is 0 Å². The summed E-state index contributed by atoms with van der Waals surface area (Å²) in [6.45, 7) is 4.17. The van der Waals surface area contributed by atoms with Gasteiger partial charge in [-0.15, -0.1) is 0 Å². The number of hydrogen-bond donors (Lipinski definition) is 2. The van der Waals surface area contributed by atoms with Crippen molar-refractivity contribution < 1.29 is 0 Å². The van der Waals surface area contributed by atoms with Gasteiger partial charge in [-0.1, -0.05) is 30.3 Å². The van der Waals surface area contributed by atoms with E-state index in [1.54, 1.807) is 0 Å². The molecule has 0 radical (unpaired) electrons. The standard InChI is InChI=1S/C23H24N4O/c28-23-17(19-14-26-8-6-16(19)7-9-26)10-20-22-18(23)11-24-12-21(22)27(25-20)13-15-4-2-1-3-5-15/h1-5,10-12,16,19,24-25H,6-9,13-14H2. The molecule has 2 aromatic heterocycles. The van der Waals surface area contributed by atoms with Gasteiger partial charge in [0.25, 0.3) is 0 Å². The van der Waals surface area contributed by atoms with Crippen molar-refractivity contribution in [2.45, 2.75) is 25.3 Å². The van der Waals surface area contributed by atoms with Crippen LogP contribution in [0, 0.1) is 5.92 Å². The molecule has 0 spiro atoms. The third-order valence-electron chi connectivity index (χ3n) is 6.83. The molecular weight excluding hydrogens is 348 g/mol. The maximum Gasteiger partial charge on any atom is 0.191 e. The van der Waals surface area contributed by atoms with E-state index in [4.69, 9.17) is 0 Å². The van der Waals surface area contributed by atoms with Crippen molar-refractivity contribution in [2.24, 2.45) is 5.92 Å². The van der Waals surface area contributed by atoms with Gasteiger partial charge in [0.05, 0.1) is 17.6 Å². The highest BCUT2D eigenvalue weighted by Crippen LogP contribution is 2.39. The summed E-state index contributed by atoms with van der Waals surface area (Å²) in [5.74, 6) is 1.01. The second kappa shape index (κ2) is 6.11. The number of fused-ring (bicyclic) bond motifs is 3. The predicted octanol–water partition coefficient (Wildman–Crippen LogP) is 3.67. The number of aromatic nitrogens is 3. The fraction of sp³-hybridized carbons (Fsp3) is 0.348. The number of piperidine rings is 3. The minimum absolute atomic E-state index is 0.207. The number of rotatable bonds is 3. The first-order chi connectivity index (χ1) is 13.8. The van der Waals surface area contributed by atoms with Gasteiger partial charge < -0.3 is 9.88 Å². The molecule has 142 valence electrons. The molecule has 0 saturated carbocycles. The van der Waals surface area contributed by atoms with E-state index in [9.17, 15) is 4.79 Å². The van der Waals surface area contributed by atoms with Gasteiger partial charge in [-0.2, -0.15) is 0 Å². The maximum atomic E-state index is 13.4. The number of nitrogens with zero attached hydrogens (tertiary/aromatic N) is 2. The first-order valence-corrected chi connectivity index (χ1v) is 10.3. The molecule has 2 N–H and O–H groups in total. The molecular formula is C23H24N4O. The van der Waals surface area contributed by atoms with Crippen LogP contribution in [0.15, 0.2) is 53.6 Å². The van der Waals surface area contributed by atoms with Gasteiger partial charge in [0.15, 0.2) is 5.43 Å². The number of H-pyrrole nitrogens is 2. The average molecular weight is 372 g/mol. The van der Waals surface area contributed by atoms with Crippen LogP contribution in [0.3, 0.4) is 0 Å². The largest absolute Gasteiger partial charge is 0.365 e. The molecule has 3 saturated heterocycles. The normalized spacial score (nSPS) is 24.4. The molecule has 3 aliphatic heterocycles. The van der Waals surface area contributed by atoms with Gasteiger partial charge in [-0.05, 0) is 43.5 Å². The zero-order chi connectivity index (χ0) is 18.7. The molecule has 3 fully saturated rings. The van der Waals surface area contributed by atoms with Crippen molar-refractivity contribution in [2.75, 3.05) is 19.6 Å². The van der Waals surface area contributed by atoms with E-state index in [2.05, 4.69) is 50.0 Å². The third kappa shape index (κ3) is 2.39. The van der Waals surface area contributed by atoms with E-state index in [0.717, 1.165) is 40.5 Å². The number of nitrogens with one attached hydrogen (secondary N) is 2. The van der Waals surface area contributed by atoms with Crippen LogP contribution in [-0.2, 0) is 6.54 Å². The summed E-state index contributed by atoms with van der Waals surface area (Å²) in [5.41, 5.74) is 4.56. The van der Waals surface area contributed by atoms with Gasteiger partial charge in [-0.25, -0.2) is 0 Å². The van der Waals surface area contributed by atoms with Crippen LogP contribution in [0.1, 0.15) is 29.9 Å². The van der Waals surface area contributed by atoms with E-state index in [1.807, 2.05) is 18.5 Å². The lowest BCUT2D eigenvalue weighted by molar-refractivity contribution is 0.0868. The summed E-state index contributed by atoms with van der Waals surface area (Å²) in [7, 11) is 0. The SMILES string of the molecule is O=c1c(C2CN3CCC2CC3)cc2[nH]n(Cc3ccccc3)c3c[nH]cc1c23. The van der Waals surface area contributed by atoms with Crippen LogP contribution in [-0.4, -0.2) is 39.3 Å². The van der Waals surface area contributed by atoms with Crippen molar-refractivity contribution in [3.63, 3.8) is 0 Å². The summed E-state index contributed by atoms with van der Waals surface area (Å²) in [4.78, 5) is 19.2. The molecule has 2 bridgehead atoms. The molecule has 5 heterocycles. The number of hydrogen-bond acceptors (Lipinski definition) is 2. The first-order valence-electron chi connectivity index (χ1n) is 10.3. The molecule has 7 rings (SSSR count). The fourth-order valence-corrected chi connectivity index (χ4v) is 5.39. The van der Waals surface area contributed by atoms with Crippen LogP contribution < -0.4 is 5.43 Å². The van der Waals surface area contributed by atoms with Crippen molar-refractivity contribution >= 4 is 21.8 Å². The van der Waals surface area contributed by atoms with E-state index in [0.29, 0.717) is 11.8 Å². The lowest BCUT2D eigenvalue weighted by Crippen LogP contribution is -2.47. The van der Waals surface area contributed by atoms with Crippen molar-refractivity contribution in [1.82, 2.24) is 19.7 Å². The predicted molar refractivity (Wildman–Crippen MR) is 112 cm³/mol. The summed E-state index contributed by atoms with van der Waals surface area (Å²) >= 11 is 0. The smallest absolute Gasteiger partial charge is 0.191 e. The monoisotopic (exact) mass is 372 g/mol. The molecule has 2 aromatic carbocycles. The fourth-order valence-electron chi connectivity index (χ4n) is 5.39. The Hall–Kier alpha value is -2.79. The molecule has 5 nitrogen and oxygen atoms in total. The van der Waals surface area contributed by atoms with Gasteiger partial charge in [0.2, 0.25) is 0 Å². The molecule has 0 amide bonds. The van der Waals surface area contributed by atoms with E-state index in [-0.39, 0.29) is 5.43 Å². The Balaban J connectivity index is 1.52. The Kier molecular flexibility index (Phi) is 3.53. The maximum absolute atomic E-state index is 13.4. The first kappa shape index (κ1) is 16.2. The zero-order valence-corrected chi connectivity index (χ0v) is 15.8. The summed E-state index contributed by atoms with van der Waals surface area (Å²) < 4.78 is 2.14. The Morgan fingerprint density at radius 1 is 1.07 bits per heavy atom. The molecule has 5 heteroatoms. The van der Waals surface area contributed by atoms with E-state index in [1.165, 1.54) is 31.5 Å². The zero-order valence-electron chi connectivity index (χ0n) is 15.8. The number of aromatic amines is 2. The summed E-state index contributed by atoms with van der Waals surface area (Å²) in [6, 6.07) is 12.6. The molecule has 28 heavy (non-hydrogen) atoms. The highest BCUT2D eigenvalue weighted by atomic mass is 16.1. The molecule has 4 aromatic rings. The highest BCUT2D eigenvalue weighted by Gasteiger charge is 2.36. The number of pyridine rings is 1.